The predicted octanol–water partition coefficient (Wildman–Crippen LogP) is 1.77. The quantitative estimate of drug-likeness (QED) is 0.916. The van der Waals surface area contributed by atoms with Gasteiger partial charge in [-0.2, -0.15) is 4.31 Å². The molecule has 116 valence electrons. The Labute approximate surface area is 128 Å². The van der Waals surface area contributed by atoms with Crippen LogP contribution in [0.25, 0.3) is 0 Å². The number of sulfonamides is 1. The molecule has 1 fully saturated rings. The minimum absolute atomic E-state index is 0.179. The number of piperidine rings is 1. The number of amides is 1. The van der Waals surface area contributed by atoms with Crippen molar-refractivity contribution in [3.8, 4) is 0 Å². The second-order valence-corrected chi connectivity index (χ2v) is 7.08. The van der Waals surface area contributed by atoms with Gasteiger partial charge in [-0.15, -0.1) is 0 Å². The van der Waals surface area contributed by atoms with Gasteiger partial charge in [-0.25, -0.2) is 12.8 Å². The van der Waals surface area contributed by atoms with Crippen LogP contribution >= 0.6 is 11.6 Å². The lowest BCUT2D eigenvalue weighted by Gasteiger charge is -2.33. The lowest BCUT2D eigenvalue weighted by molar-refractivity contribution is -0.125. The topological polar surface area (TPSA) is 66.5 Å². The van der Waals surface area contributed by atoms with Crippen molar-refractivity contribution in [2.75, 3.05) is 13.6 Å². The molecular formula is C13H16ClFN2O3S. The Morgan fingerprint density at radius 3 is 2.76 bits per heavy atom. The summed E-state index contributed by atoms with van der Waals surface area (Å²) >= 11 is 5.85. The van der Waals surface area contributed by atoms with Crippen LogP contribution in [0.15, 0.2) is 23.1 Å². The Bertz CT molecular complexity index is 651. The second-order valence-electron chi connectivity index (χ2n) is 4.82. The Hall–Kier alpha value is -1.18. The fourth-order valence-electron chi connectivity index (χ4n) is 2.43. The third kappa shape index (κ3) is 3.20. The minimum Gasteiger partial charge on any atom is -0.358 e. The molecule has 1 aromatic rings. The molecule has 0 bridgehead atoms. The van der Waals surface area contributed by atoms with Crippen LogP contribution in [0.3, 0.4) is 0 Å². The van der Waals surface area contributed by atoms with Gasteiger partial charge in [0.15, 0.2) is 0 Å². The van der Waals surface area contributed by atoms with Crippen LogP contribution in [-0.2, 0) is 14.8 Å². The lowest BCUT2D eigenvalue weighted by Crippen LogP contribution is -2.51. The van der Waals surface area contributed by atoms with E-state index in [1.807, 2.05) is 0 Å². The first-order chi connectivity index (χ1) is 9.87. The van der Waals surface area contributed by atoms with Gasteiger partial charge in [0.25, 0.3) is 0 Å². The SMILES string of the molecule is CNC(=O)C1CCCCN1S(=O)(=O)c1ccc(F)cc1Cl. The van der Waals surface area contributed by atoms with Crippen LogP contribution in [0, 0.1) is 5.82 Å². The largest absolute Gasteiger partial charge is 0.358 e. The van der Waals surface area contributed by atoms with Gasteiger partial charge in [-0.1, -0.05) is 18.0 Å². The molecule has 1 aliphatic heterocycles. The van der Waals surface area contributed by atoms with Gasteiger partial charge in [0.05, 0.1) is 5.02 Å². The van der Waals surface area contributed by atoms with E-state index in [9.17, 15) is 17.6 Å². The monoisotopic (exact) mass is 334 g/mol. The molecule has 0 aromatic heterocycles. The van der Waals surface area contributed by atoms with Gasteiger partial charge in [-0.05, 0) is 31.0 Å². The van der Waals surface area contributed by atoms with E-state index in [0.29, 0.717) is 12.8 Å². The molecule has 2 rings (SSSR count). The van der Waals surface area contributed by atoms with Crippen LogP contribution in [0.4, 0.5) is 4.39 Å². The summed E-state index contributed by atoms with van der Waals surface area (Å²) in [6, 6.07) is 2.36. The van der Waals surface area contributed by atoms with Crippen LogP contribution in [0.2, 0.25) is 5.02 Å². The molecular weight excluding hydrogens is 319 g/mol. The zero-order valence-corrected chi connectivity index (χ0v) is 13.0. The highest BCUT2D eigenvalue weighted by Crippen LogP contribution is 2.30. The number of likely N-dealkylation sites (N-methyl/N-ethyl adjacent to an activating group) is 1. The number of carbonyl (C=O) groups excluding carboxylic acids is 1. The Morgan fingerprint density at radius 1 is 1.43 bits per heavy atom. The number of rotatable bonds is 3. The molecule has 1 atom stereocenters. The van der Waals surface area contributed by atoms with E-state index in [1.165, 1.54) is 7.05 Å². The molecule has 8 heteroatoms. The van der Waals surface area contributed by atoms with E-state index in [0.717, 1.165) is 28.9 Å². The van der Waals surface area contributed by atoms with Crippen LogP contribution in [-0.4, -0.2) is 38.3 Å². The second kappa shape index (κ2) is 6.29. The van der Waals surface area contributed by atoms with Crippen molar-refractivity contribution < 1.29 is 17.6 Å². The first-order valence-electron chi connectivity index (χ1n) is 6.56. The van der Waals surface area contributed by atoms with Crippen molar-refractivity contribution in [3.63, 3.8) is 0 Å². The fraction of sp³-hybridized carbons (Fsp3) is 0.462. The van der Waals surface area contributed by atoms with Gasteiger partial charge in [0, 0.05) is 13.6 Å². The van der Waals surface area contributed by atoms with Crippen LogP contribution in [0.1, 0.15) is 19.3 Å². The minimum atomic E-state index is -3.94. The summed E-state index contributed by atoms with van der Waals surface area (Å²) in [5, 5.41) is 2.29. The van der Waals surface area contributed by atoms with Gasteiger partial charge in [0.1, 0.15) is 16.8 Å². The number of carbonyl (C=O) groups is 1. The number of nitrogens with zero attached hydrogens (tertiary/aromatic N) is 1. The van der Waals surface area contributed by atoms with Gasteiger partial charge < -0.3 is 5.32 Å². The molecule has 0 spiro atoms. The molecule has 0 saturated carbocycles. The Balaban J connectivity index is 2.43. The number of hydrogen-bond acceptors (Lipinski definition) is 3. The van der Waals surface area contributed by atoms with E-state index >= 15 is 0 Å². The zero-order valence-electron chi connectivity index (χ0n) is 11.5. The van der Waals surface area contributed by atoms with Crippen LogP contribution < -0.4 is 5.32 Å². The third-order valence-corrected chi connectivity index (χ3v) is 5.87. The predicted molar refractivity (Wildman–Crippen MR) is 77.0 cm³/mol. The van der Waals surface area contributed by atoms with Crippen molar-refractivity contribution in [2.24, 2.45) is 0 Å². The molecule has 1 saturated heterocycles. The first-order valence-corrected chi connectivity index (χ1v) is 8.38. The third-order valence-electron chi connectivity index (χ3n) is 3.48. The normalized spacial score (nSPS) is 20.2. The van der Waals surface area contributed by atoms with E-state index in [4.69, 9.17) is 11.6 Å². The summed E-state index contributed by atoms with van der Waals surface area (Å²) in [6.07, 6.45) is 1.91. The standard InChI is InChI=1S/C13H16ClFN2O3S/c1-16-13(18)11-4-2-3-7-17(11)21(19,20)12-6-5-9(15)8-10(12)14/h5-6,8,11H,2-4,7H2,1H3,(H,16,18). The summed E-state index contributed by atoms with van der Waals surface area (Å²) in [5.74, 6) is -0.961. The Morgan fingerprint density at radius 2 is 2.14 bits per heavy atom. The van der Waals surface area contributed by atoms with Crippen molar-refractivity contribution >= 4 is 27.5 Å². The first kappa shape index (κ1) is 16.2. The van der Waals surface area contributed by atoms with Gasteiger partial charge in [-0.3, -0.25) is 4.79 Å². The molecule has 1 aliphatic rings. The maximum absolute atomic E-state index is 13.1. The maximum atomic E-state index is 13.1. The molecule has 0 radical (unpaired) electrons. The average molecular weight is 335 g/mol. The molecule has 0 aliphatic carbocycles. The van der Waals surface area contributed by atoms with Crippen LogP contribution in [0.5, 0.6) is 0 Å². The average Bonchev–Trinajstić information content (AvgIpc) is 2.46. The molecule has 1 amide bonds. The highest BCUT2D eigenvalue weighted by Gasteiger charge is 2.38. The smallest absolute Gasteiger partial charge is 0.245 e. The number of benzene rings is 1. The summed E-state index contributed by atoms with van der Waals surface area (Å²) in [5.41, 5.74) is 0. The summed E-state index contributed by atoms with van der Waals surface area (Å²) in [6.45, 7) is 0.244. The van der Waals surface area contributed by atoms with Crippen molar-refractivity contribution in [3.05, 3.63) is 29.0 Å². The summed E-state index contributed by atoms with van der Waals surface area (Å²) < 4.78 is 39.6. The van der Waals surface area contributed by atoms with E-state index in [2.05, 4.69) is 5.32 Å². The zero-order chi connectivity index (χ0) is 15.6. The van der Waals surface area contributed by atoms with E-state index < -0.39 is 21.9 Å². The van der Waals surface area contributed by atoms with E-state index in [1.54, 1.807) is 0 Å². The van der Waals surface area contributed by atoms with Gasteiger partial charge >= 0.3 is 0 Å². The lowest BCUT2D eigenvalue weighted by atomic mass is 10.0. The molecule has 5 nitrogen and oxygen atoms in total. The molecule has 1 aromatic carbocycles. The molecule has 1 unspecified atom stereocenters. The summed E-state index contributed by atoms with van der Waals surface area (Å²) in [7, 11) is -2.47. The van der Waals surface area contributed by atoms with Crippen molar-refractivity contribution in [2.45, 2.75) is 30.2 Å². The highest BCUT2D eigenvalue weighted by atomic mass is 35.5. The highest BCUT2D eigenvalue weighted by molar-refractivity contribution is 7.89. The summed E-state index contributed by atoms with van der Waals surface area (Å²) in [4.78, 5) is 11.7. The van der Waals surface area contributed by atoms with Gasteiger partial charge in [0.2, 0.25) is 15.9 Å². The number of halogens is 2. The molecule has 1 N–H and O–H groups in total. The number of hydrogen-bond donors (Lipinski definition) is 1. The number of nitrogens with one attached hydrogen (secondary N) is 1. The maximum Gasteiger partial charge on any atom is 0.245 e. The van der Waals surface area contributed by atoms with E-state index in [-0.39, 0.29) is 22.4 Å². The Kier molecular flexibility index (Phi) is 4.85. The van der Waals surface area contributed by atoms with Crippen molar-refractivity contribution in [1.29, 1.82) is 0 Å². The molecule has 21 heavy (non-hydrogen) atoms. The van der Waals surface area contributed by atoms with Crippen molar-refractivity contribution in [1.82, 2.24) is 9.62 Å². The molecule has 1 heterocycles. The fourth-order valence-corrected chi connectivity index (χ4v) is 4.60.